The molecule has 0 unspecified atom stereocenters. The number of sulfonamides is 1. The number of hydrogen-bond donors (Lipinski definition) is 0. The summed E-state index contributed by atoms with van der Waals surface area (Å²) < 4.78 is 24.2. The predicted molar refractivity (Wildman–Crippen MR) is 73.1 cm³/mol. The highest BCUT2D eigenvalue weighted by Crippen LogP contribution is 2.51. The Bertz CT molecular complexity index is 376. The van der Waals surface area contributed by atoms with Gasteiger partial charge < -0.3 is 0 Å². The second-order valence-corrected chi connectivity index (χ2v) is 7.46. The van der Waals surface area contributed by atoms with E-state index in [-0.39, 0.29) is 24.9 Å². The highest BCUT2D eigenvalue weighted by atomic mass is 32.2. The smallest absolute Gasteiger partial charge is 0.211 e. The van der Waals surface area contributed by atoms with E-state index in [0.29, 0.717) is 0 Å². The Labute approximate surface area is 110 Å². The third kappa shape index (κ3) is 3.14. The van der Waals surface area contributed by atoms with Gasteiger partial charge in [-0.25, -0.2) is 12.7 Å². The second-order valence-electron chi connectivity index (χ2n) is 5.48. The van der Waals surface area contributed by atoms with Gasteiger partial charge in [0.15, 0.2) is 0 Å². The lowest BCUT2D eigenvalue weighted by Crippen LogP contribution is -2.56. The van der Waals surface area contributed by atoms with Gasteiger partial charge in [-0.05, 0) is 5.92 Å². The SMILES string of the molecule is [B]C1([B])CN(S(C)(=O)=O)CC([B])([B])C1C(C)C. The van der Waals surface area contributed by atoms with Crippen LogP contribution >= 0.6 is 0 Å². The summed E-state index contributed by atoms with van der Waals surface area (Å²) in [6.07, 6.45) is 1.09. The van der Waals surface area contributed by atoms with Gasteiger partial charge in [0.1, 0.15) is 0 Å². The van der Waals surface area contributed by atoms with E-state index >= 15 is 0 Å². The van der Waals surface area contributed by atoms with Gasteiger partial charge in [-0.1, -0.05) is 30.2 Å². The van der Waals surface area contributed by atoms with Crippen LogP contribution in [0.25, 0.3) is 0 Å². The fourth-order valence-corrected chi connectivity index (χ4v) is 3.76. The van der Waals surface area contributed by atoms with Gasteiger partial charge >= 0.3 is 0 Å². The maximum atomic E-state index is 11.5. The summed E-state index contributed by atoms with van der Waals surface area (Å²) >= 11 is 0. The number of piperidine rings is 1. The van der Waals surface area contributed by atoms with E-state index in [4.69, 9.17) is 31.4 Å². The molecule has 0 N–H and O–H groups in total. The van der Waals surface area contributed by atoms with E-state index in [1.807, 2.05) is 13.8 Å². The molecule has 0 aromatic heterocycles. The van der Waals surface area contributed by atoms with Gasteiger partial charge in [0.2, 0.25) is 10.0 Å². The first-order valence-corrected chi connectivity index (χ1v) is 7.33. The molecule has 1 saturated heterocycles. The average molecular weight is 245 g/mol. The van der Waals surface area contributed by atoms with Crippen molar-refractivity contribution in [3.63, 3.8) is 0 Å². The van der Waals surface area contributed by atoms with Gasteiger partial charge in [-0.2, -0.15) is 0 Å². The normalized spacial score (nSPS) is 26.1. The van der Waals surface area contributed by atoms with Crippen molar-refractivity contribution in [2.24, 2.45) is 11.8 Å². The van der Waals surface area contributed by atoms with Gasteiger partial charge in [0.05, 0.1) is 37.6 Å². The Morgan fingerprint density at radius 1 is 1.12 bits per heavy atom. The molecule has 1 aliphatic rings. The van der Waals surface area contributed by atoms with Gasteiger partial charge in [0.25, 0.3) is 0 Å². The summed E-state index contributed by atoms with van der Waals surface area (Å²) in [5.74, 6) is -0.283. The molecule has 86 valence electrons. The molecular formula is C9H15B4NO2S. The molecule has 8 radical (unpaired) electrons. The Balaban J connectivity index is 3.14. The van der Waals surface area contributed by atoms with E-state index < -0.39 is 20.5 Å². The Morgan fingerprint density at radius 2 is 1.47 bits per heavy atom. The Kier molecular flexibility index (Phi) is 3.92. The maximum absolute atomic E-state index is 11.5. The lowest BCUT2D eigenvalue weighted by Gasteiger charge is -2.56. The van der Waals surface area contributed by atoms with Crippen molar-refractivity contribution in [1.82, 2.24) is 4.31 Å². The minimum atomic E-state index is -3.40. The van der Waals surface area contributed by atoms with Crippen molar-refractivity contribution in [2.75, 3.05) is 19.3 Å². The largest absolute Gasteiger partial charge is 0.213 e. The molecule has 0 spiro atoms. The summed E-state index contributed by atoms with van der Waals surface area (Å²) in [4.78, 5) is 0. The maximum Gasteiger partial charge on any atom is 0.211 e. The standard InChI is InChI=1S/C9H15B4NO2S/c1-6(2)7-8(10,11)4-14(17(3,15)16)5-9(7,12)13/h6-7H,4-5H2,1-3H3. The van der Waals surface area contributed by atoms with Crippen molar-refractivity contribution in [2.45, 2.75) is 24.3 Å². The molecule has 8 heteroatoms. The van der Waals surface area contributed by atoms with Crippen LogP contribution in [0.5, 0.6) is 0 Å². The first-order valence-electron chi connectivity index (χ1n) is 5.48. The Morgan fingerprint density at radius 3 is 1.71 bits per heavy atom. The molecule has 0 aromatic carbocycles. The average Bonchev–Trinajstić information content (AvgIpc) is 1.94. The topological polar surface area (TPSA) is 37.4 Å². The Hall–Kier alpha value is 0.170. The second kappa shape index (κ2) is 4.37. The summed E-state index contributed by atoms with van der Waals surface area (Å²) in [5.41, 5.74) is 0. The van der Waals surface area contributed by atoms with E-state index in [2.05, 4.69) is 0 Å². The zero-order valence-electron chi connectivity index (χ0n) is 10.6. The fourth-order valence-electron chi connectivity index (χ4n) is 2.84. The first kappa shape index (κ1) is 15.2. The molecule has 0 amide bonds. The molecule has 3 nitrogen and oxygen atoms in total. The van der Waals surface area contributed by atoms with Crippen molar-refractivity contribution in [3.05, 3.63) is 0 Å². The van der Waals surface area contributed by atoms with Crippen LogP contribution < -0.4 is 0 Å². The van der Waals surface area contributed by atoms with Gasteiger partial charge in [0, 0.05) is 13.1 Å². The van der Waals surface area contributed by atoms with Crippen LogP contribution in [0.3, 0.4) is 0 Å². The molecule has 1 fully saturated rings. The summed E-state index contributed by atoms with van der Waals surface area (Å²) in [6, 6.07) is 0. The molecule has 17 heavy (non-hydrogen) atoms. The van der Waals surface area contributed by atoms with Crippen LogP contribution in [0.15, 0.2) is 0 Å². The molecule has 0 atom stereocenters. The van der Waals surface area contributed by atoms with Crippen molar-refractivity contribution in [3.8, 4) is 0 Å². The fraction of sp³-hybridized carbons (Fsp3) is 1.00. The minimum absolute atomic E-state index is 0.0326. The first-order chi connectivity index (χ1) is 7.38. The van der Waals surface area contributed by atoms with E-state index in [9.17, 15) is 8.42 Å². The van der Waals surface area contributed by atoms with Crippen LogP contribution in [0.2, 0.25) is 10.4 Å². The molecule has 0 aliphatic carbocycles. The van der Waals surface area contributed by atoms with Crippen LogP contribution in [-0.2, 0) is 10.0 Å². The lowest BCUT2D eigenvalue weighted by molar-refractivity contribution is 0.187. The molecule has 0 bridgehead atoms. The number of rotatable bonds is 2. The van der Waals surface area contributed by atoms with Crippen molar-refractivity contribution < 1.29 is 8.42 Å². The third-order valence-electron chi connectivity index (χ3n) is 3.19. The van der Waals surface area contributed by atoms with E-state index in [1.165, 1.54) is 0 Å². The van der Waals surface area contributed by atoms with Crippen LogP contribution in [0, 0.1) is 11.8 Å². The molecule has 1 heterocycles. The summed E-state index contributed by atoms with van der Waals surface area (Å²) in [7, 11) is 20.6. The van der Waals surface area contributed by atoms with Crippen molar-refractivity contribution >= 4 is 41.4 Å². The van der Waals surface area contributed by atoms with Crippen LogP contribution in [0.1, 0.15) is 13.8 Å². The van der Waals surface area contributed by atoms with Crippen LogP contribution in [0.4, 0.5) is 0 Å². The minimum Gasteiger partial charge on any atom is -0.213 e. The zero-order valence-corrected chi connectivity index (χ0v) is 11.4. The lowest BCUT2D eigenvalue weighted by atomic mass is 9.32. The van der Waals surface area contributed by atoms with Crippen LogP contribution in [-0.4, -0.2) is 63.5 Å². The summed E-state index contributed by atoms with van der Waals surface area (Å²) in [5, 5.41) is -2.45. The van der Waals surface area contributed by atoms with Gasteiger partial charge in [-0.3, -0.25) is 0 Å². The molecular weight excluding hydrogens is 229 g/mol. The van der Waals surface area contributed by atoms with Gasteiger partial charge in [-0.15, -0.1) is 0 Å². The van der Waals surface area contributed by atoms with E-state index in [0.717, 1.165) is 10.6 Å². The highest BCUT2D eigenvalue weighted by Gasteiger charge is 2.48. The van der Waals surface area contributed by atoms with E-state index in [1.54, 1.807) is 0 Å². The molecule has 0 aromatic rings. The molecule has 0 saturated carbocycles. The van der Waals surface area contributed by atoms with Crippen molar-refractivity contribution in [1.29, 1.82) is 0 Å². The summed E-state index contributed by atoms with van der Waals surface area (Å²) in [6.45, 7) is 3.91. The number of hydrogen-bond acceptors (Lipinski definition) is 2. The predicted octanol–water partition coefficient (Wildman–Crippen LogP) is -0.560. The number of nitrogens with zero attached hydrogens (tertiary/aromatic N) is 1. The molecule has 1 aliphatic heterocycles. The zero-order chi connectivity index (χ0) is 13.6. The third-order valence-corrected chi connectivity index (χ3v) is 4.39. The molecule has 1 rings (SSSR count). The highest BCUT2D eigenvalue weighted by molar-refractivity contribution is 7.88. The monoisotopic (exact) mass is 245 g/mol. The quantitative estimate of drug-likeness (QED) is 0.611.